The molecular weight excluding hydrogens is 240 g/mol. The molecule has 0 aliphatic rings. The average Bonchev–Trinajstić information content (AvgIpc) is 2.24. The molecule has 1 unspecified atom stereocenters. The number of rotatable bonds is 4. The fourth-order valence-electron chi connectivity index (χ4n) is 1.65. The van der Waals surface area contributed by atoms with E-state index >= 15 is 0 Å². The van der Waals surface area contributed by atoms with E-state index in [1.807, 2.05) is 51.1 Å². The van der Waals surface area contributed by atoms with Crippen LogP contribution in [0.3, 0.4) is 0 Å². The lowest BCUT2D eigenvalue weighted by atomic mass is 9.85. The number of hydrogen-bond donors (Lipinski definition) is 0. The van der Waals surface area contributed by atoms with Gasteiger partial charge in [-0.1, -0.05) is 51.1 Å². The van der Waals surface area contributed by atoms with Crippen molar-refractivity contribution in [3.05, 3.63) is 35.9 Å². The maximum Gasteiger partial charge on any atom is 0.185 e. The summed E-state index contributed by atoms with van der Waals surface area (Å²) in [6.07, 6.45) is -0.433. The van der Waals surface area contributed by atoms with E-state index in [9.17, 15) is 4.79 Å². The maximum absolute atomic E-state index is 12.5. The van der Waals surface area contributed by atoms with Crippen LogP contribution in [0.15, 0.2) is 30.3 Å². The lowest BCUT2D eigenvalue weighted by molar-refractivity contribution is -0.134. The Labute approximate surface area is 111 Å². The van der Waals surface area contributed by atoms with Crippen LogP contribution in [0, 0.1) is 5.41 Å². The largest absolute Gasteiger partial charge is 0.404 e. The van der Waals surface area contributed by atoms with Gasteiger partial charge in [-0.15, -0.1) is 0 Å². The second-order valence-electron chi connectivity index (χ2n) is 6.64. The molecule has 0 heterocycles. The number of Topliss-reactive ketones (excluding diaryl/α,β-unsaturated/α-hetero) is 1. The monoisotopic (exact) mass is 264 g/mol. The third kappa shape index (κ3) is 4.39. The normalized spacial score (nSPS) is 14.3. The first-order valence-corrected chi connectivity index (χ1v) is 9.79. The Hall–Kier alpha value is -0.933. The third-order valence-electron chi connectivity index (χ3n) is 2.55. The molecular formula is C15H24O2Si. The molecule has 0 amide bonds. The van der Waals surface area contributed by atoms with Crippen LogP contribution in [0.25, 0.3) is 0 Å². The predicted octanol–water partition coefficient (Wildman–Crippen LogP) is 4.19. The predicted molar refractivity (Wildman–Crippen MR) is 78.1 cm³/mol. The van der Waals surface area contributed by atoms with Crippen molar-refractivity contribution in [2.75, 3.05) is 0 Å². The van der Waals surface area contributed by atoms with Crippen LogP contribution in [-0.4, -0.2) is 14.1 Å². The van der Waals surface area contributed by atoms with Crippen molar-refractivity contribution in [3.8, 4) is 0 Å². The molecule has 0 aliphatic carbocycles. The van der Waals surface area contributed by atoms with Crippen molar-refractivity contribution in [2.45, 2.75) is 46.5 Å². The lowest BCUT2D eigenvalue weighted by Crippen LogP contribution is -2.36. The number of hydrogen-bond acceptors (Lipinski definition) is 2. The summed E-state index contributed by atoms with van der Waals surface area (Å²) in [5.74, 6) is 0.149. The van der Waals surface area contributed by atoms with Gasteiger partial charge in [0, 0.05) is 5.41 Å². The zero-order chi connectivity index (χ0) is 14.0. The molecule has 0 fully saturated rings. The fourth-order valence-corrected chi connectivity index (χ4v) is 2.60. The summed E-state index contributed by atoms with van der Waals surface area (Å²) in [5.41, 5.74) is 0.569. The van der Waals surface area contributed by atoms with Crippen molar-refractivity contribution < 1.29 is 9.22 Å². The minimum absolute atomic E-state index is 0.149. The molecule has 1 aromatic carbocycles. The van der Waals surface area contributed by atoms with Crippen LogP contribution in [0.2, 0.25) is 19.6 Å². The van der Waals surface area contributed by atoms with Crippen molar-refractivity contribution in [1.82, 2.24) is 0 Å². The highest BCUT2D eigenvalue weighted by Gasteiger charge is 2.34. The summed E-state index contributed by atoms with van der Waals surface area (Å²) in [6.45, 7) is 12.2. The van der Waals surface area contributed by atoms with Crippen LogP contribution < -0.4 is 0 Å². The number of ketones is 1. The number of carbonyl (C=O) groups excluding carboxylic acids is 1. The highest BCUT2D eigenvalue weighted by molar-refractivity contribution is 6.69. The van der Waals surface area contributed by atoms with Gasteiger partial charge in [-0.05, 0) is 25.2 Å². The van der Waals surface area contributed by atoms with Crippen LogP contribution in [-0.2, 0) is 9.22 Å². The van der Waals surface area contributed by atoms with Gasteiger partial charge >= 0.3 is 0 Å². The molecule has 0 radical (unpaired) electrons. The Morgan fingerprint density at radius 3 is 2.00 bits per heavy atom. The third-order valence-corrected chi connectivity index (χ3v) is 3.49. The van der Waals surface area contributed by atoms with E-state index in [0.29, 0.717) is 0 Å². The Bertz CT molecular complexity index is 399. The molecule has 0 bridgehead atoms. The SMILES string of the molecule is CC(C)(C)C(=O)C(O[Si](C)(C)C)c1ccccc1. The van der Waals surface area contributed by atoms with E-state index in [1.54, 1.807) is 0 Å². The Kier molecular flexibility index (Phi) is 4.51. The Morgan fingerprint density at radius 2 is 1.61 bits per heavy atom. The first-order chi connectivity index (χ1) is 8.11. The molecule has 1 aromatic rings. The summed E-state index contributed by atoms with van der Waals surface area (Å²) < 4.78 is 6.10. The lowest BCUT2D eigenvalue weighted by Gasteiger charge is -2.30. The Morgan fingerprint density at radius 1 is 1.11 bits per heavy atom. The molecule has 1 atom stereocenters. The van der Waals surface area contributed by atoms with Crippen molar-refractivity contribution in [1.29, 1.82) is 0 Å². The Balaban J connectivity index is 3.08. The molecule has 2 nitrogen and oxygen atoms in total. The van der Waals surface area contributed by atoms with Crippen LogP contribution in [0.5, 0.6) is 0 Å². The average molecular weight is 264 g/mol. The minimum atomic E-state index is -1.77. The molecule has 18 heavy (non-hydrogen) atoms. The van der Waals surface area contributed by atoms with E-state index in [0.717, 1.165) is 5.56 Å². The van der Waals surface area contributed by atoms with Gasteiger partial charge < -0.3 is 4.43 Å². The fraction of sp³-hybridized carbons (Fsp3) is 0.533. The van der Waals surface area contributed by atoms with Gasteiger partial charge in [-0.2, -0.15) is 0 Å². The second-order valence-corrected chi connectivity index (χ2v) is 11.1. The zero-order valence-corrected chi connectivity index (χ0v) is 13.3. The highest BCUT2D eigenvalue weighted by atomic mass is 28.4. The molecule has 1 rings (SSSR count). The van der Waals surface area contributed by atoms with Crippen molar-refractivity contribution in [2.24, 2.45) is 5.41 Å². The van der Waals surface area contributed by atoms with Crippen molar-refractivity contribution >= 4 is 14.1 Å². The van der Waals surface area contributed by atoms with E-state index in [1.165, 1.54) is 0 Å². The smallest absolute Gasteiger partial charge is 0.185 e. The standard InChI is InChI=1S/C15H24O2Si/c1-15(2,3)14(16)13(17-18(4,5)6)12-10-8-7-9-11-12/h7-11,13H,1-6H3. The zero-order valence-electron chi connectivity index (χ0n) is 12.3. The van der Waals surface area contributed by atoms with Gasteiger partial charge in [0.05, 0.1) is 0 Å². The van der Waals surface area contributed by atoms with Gasteiger partial charge in [-0.25, -0.2) is 0 Å². The summed E-state index contributed by atoms with van der Waals surface area (Å²) in [7, 11) is -1.77. The first kappa shape index (κ1) is 15.1. The van der Waals surface area contributed by atoms with Gasteiger partial charge in [0.1, 0.15) is 6.10 Å². The van der Waals surface area contributed by atoms with Gasteiger partial charge in [-0.3, -0.25) is 4.79 Å². The van der Waals surface area contributed by atoms with Gasteiger partial charge in [0.25, 0.3) is 0 Å². The molecule has 3 heteroatoms. The van der Waals surface area contributed by atoms with E-state index in [-0.39, 0.29) is 11.2 Å². The molecule has 0 aromatic heterocycles. The second kappa shape index (κ2) is 5.37. The number of benzene rings is 1. The minimum Gasteiger partial charge on any atom is -0.404 e. The number of carbonyl (C=O) groups is 1. The van der Waals surface area contributed by atoms with Crippen LogP contribution in [0.4, 0.5) is 0 Å². The summed E-state index contributed by atoms with van der Waals surface area (Å²) in [5, 5.41) is 0. The molecule has 0 N–H and O–H groups in total. The highest BCUT2D eigenvalue weighted by Crippen LogP contribution is 2.30. The molecule has 0 spiro atoms. The van der Waals surface area contributed by atoms with E-state index in [2.05, 4.69) is 19.6 Å². The molecule has 0 aliphatic heterocycles. The van der Waals surface area contributed by atoms with Crippen LogP contribution >= 0.6 is 0 Å². The van der Waals surface area contributed by atoms with Crippen molar-refractivity contribution in [3.63, 3.8) is 0 Å². The summed E-state index contributed by atoms with van der Waals surface area (Å²) in [6, 6.07) is 9.79. The maximum atomic E-state index is 12.5. The van der Waals surface area contributed by atoms with E-state index in [4.69, 9.17) is 4.43 Å². The topological polar surface area (TPSA) is 26.3 Å². The van der Waals surface area contributed by atoms with Crippen LogP contribution in [0.1, 0.15) is 32.4 Å². The van der Waals surface area contributed by atoms with Gasteiger partial charge in [0.15, 0.2) is 14.1 Å². The summed E-state index contributed by atoms with van der Waals surface area (Å²) in [4.78, 5) is 12.5. The molecule has 0 saturated carbocycles. The summed E-state index contributed by atoms with van der Waals surface area (Å²) >= 11 is 0. The van der Waals surface area contributed by atoms with E-state index < -0.39 is 14.4 Å². The molecule has 100 valence electrons. The quantitative estimate of drug-likeness (QED) is 0.762. The first-order valence-electron chi connectivity index (χ1n) is 6.38. The van der Waals surface area contributed by atoms with Gasteiger partial charge in [0.2, 0.25) is 0 Å². The molecule has 0 saturated heterocycles.